The molecule has 0 atom stereocenters. The van der Waals surface area contributed by atoms with E-state index in [1.165, 1.54) is 71.2 Å². The minimum Gasteiger partial charge on any atom is -0.310 e. The Morgan fingerprint density at radius 3 is 1.06 bits per heavy atom. The van der Waals surface area contributed by atoms with Crippen molar-refractivity contribution in [3.63, 3.8) is 0 Å². The molecule has 0 saturated heterocycles. The summed E-state index contributed by atoms with van der Waals surface area (Å²) in [5.74, 6) is 0.820. The Labute approximate surface area is 363 Å². The molecule has 2 fully saturated rings. The molecule has 8 aromatic rings. The van der Waals surface area contributed by atoms with Gasteiger partial charge in [-0.1, -0.05) is 87.1 Å². The summed E-state index contributed by atoms with van der Waals surface area (Å²) in [7, 11) is 0. The van der Waals surface area contributed by atoms with Gasteiger partial charge in [0.2, 0.25) is 0 Å². The monoisotopic (exact) mass is 800 g/mol. The fraction of sp³-hybridized carbons (Fsp3) is 0.214. The van der Waals surface area contributed by atoms with Gasteiger partial charge in [-0.25, -0.2) is 9.69 Å². The second-order valence-corrected chi connectivity index (χ2v) is 17.0. The van der Waals surface area contributed by atoms with Crippen LogP contribution < -0.4 is 9.80 Å². The summed E-state index contributed by atoms with van der Waals surface area (Å²) in [5.41, 5.74) is 11.1. The predicted octanol–water partition coefficient (Wildman–Crippen LogP) is 16.5. The number of rotatable bonds is 8. The third-order valence-corrected chi connectivity index (χ3v) is 13.5. The molecule has 0 aromatic heterocycles. The first-order valence-electron chi connectivity index (χ1n) is 21.9. The maximum atomic E-state index is 9.79. The van der Waals surface area contributed by atoms with Crippen molar-refractivity contribution < 1.29 is 0 Å². The second-order valence-electron chi connectivity index (χ2n) is 17.0. The van der Waals surface area contributed by atoms with Crippen LogP contribution in [-0.4, -0.2) is 0 Å². The van der Waals surface area contributed by atoms with Crippen LogP contribution in [0, 0.1) is 35.8 Å². The summed E-state index contributed by atoms with van der Waals surface area (Å²) in [4.78, 5) is 12.1. The fourth-order valence-corrected chi connectivity index (χ4v) is 10.5. The lowest BCUT2D eigenvalue weighted by Gasteiger charge is -2.33. The molecule has 0 spiro atoms. The van der Waals surface area contributed by atoms with Gasteiger partial charge in [0.05, 0.1) is 47.8 Å². The molecule has 0 radical (unpaired) electrons. The van der Waals surface area contributed by atoms with E-state index in [1.807, 2.05) is 97.1 Å². The maximum Gasteiger partial charge on any atom is 0.187 e. The molecule has 0 heterocycles. The van der Waals surface area contributed by atoms with E-state index in [9.17, 15) is 10.5 Å². The summed E-state index contributed by atoms with van der Waals surface area (Å²) in [6.07, 6.45) is 11.9. The zero-order chi connectivity index (χ0) is 42.2. The highest BCUT2D eigenvalue weighted by Gasteiger charge is 2.29. The van der Waals surface area contributed by atoms with Crippen molar-refractivity contribution in [2.24, 2.45) is 0 Å². The molecular formula is C56H44N6. The molecule has 0 amide bonds. The Hall–Kier alpha value is -7.64. The van der Waals surface area contributed by atoms with E-state index in [4.69, 9.17) is 13.1 Å². The molecule has 0 N–H and O–H groups in total. The minimum absolute atomic E-state index is 0.409. The van der Waals surface area contributed by atoms with Crippen LogP contribution in [0.1, 0.15) is 98.3 Å². The van der Waals surface area contributed by atoms with Gasteiger partial charge in [0.25, 0.3) is 0 Å². The van der Waals surface area contributed by atoms with E-state index in [1.54, 1.807) is 0 Å². The number of nitriles is 2. The van der Waals surface area contributed by atoms with Gasteiger partial charge < -0.3 is 9.80 Å². The van der Waals surface area contributed by atoms with Crippen LogP contribution in [0.4, 0.5) is 45.5 Å². The lowest BCUT2D eigenvalue weighted by Crippen LogP contribution is -2.14. The van der Waals surface area contributed by atoms with Gasteiger partial charge in [-0.3, -0.25) is 0 Å². The van der Waals surface area contributed by atoms with Gasteiger partial charge >= 0.3 is 0 Å². The molecule has 6 nitrogen and oxygen atoms in total. The predicted molar refractivity (Wildman–Crippen MR) is 253 cm³/mol. The van der Waals surface area contributed by atoms with Crippen molar-refractivity contribution in [3.05, 3.63) is 179 Å². The van der Waals surface area contributed by atoms with Crippen molar-refractivity contribution in [3.8, 4) is 12.1 Å². The van der Waals surface area contributed by atoms with Crippen molar-refractivity contribution in [1.29, 1.82) is 10.5 Å². The summed E-state index contributed by atoms with van der Waals surface area (Å²) in [6, 6.07) is 50.4. The van der Waals surface area contributed by atoms with Crippen LogP contribution in [0.5, 0.6) is 0 Å². The molecule has 298 valence electrons. The van der Waals surface area contributed by atoms with Crippen molar-refractivity contribution in [2.75, 3.05) is 9.80 Å². The first kappa shape index (κ1) is 38.6. The van der Waals surface area contributed by atoms with Crippen LogP contribution in [0.3, 0.4) is 0 Å². The van der Waals surface area contributed by atoms with E-state index < -0.39 is 0 Å². The average molecular weight is 801 g/mol. The van der Waals surface area contributed by atoms with Gasteiger partial charge in [0, 0.05) is 33.5 Å². The van der Waals surface area contributed by atoms with Crippen molar-refractivity contribution in [2.45, 2.75) is 76.0 Å². The highest BCUT2D eigenvalue weighted by molar-refractivity contribution is 6.29. The molecule has 8 aromatic carbocycles. The zero-order valence-electron chi connectivity index (χ0n) is 34.6. The lowest BCUT2D eigenvalue weighted by molar-refractivity contribution is 0.445. The summed E-state index contributed by atoms with van der Waals surface area (Å²) < 4.78 is 0. The lowest BCUT2D eigenvalue weighted by atomic mass is 9.77. The maximum absolute atomic E-state index is 9.79. The van der Waals surface area contributed by atoms with Gasteiger partial charge in [-0.05, 0) is 155 Å². The number of nitrogens with zero attached hydrogens (tertiary/aromatic N) is 6. The largest absolute Gasteiger partial charge is 0.310 e. The Morgan fingerprint density at radius 2 is 0.742 bits per heavy atom. The first-order valence-corrected chi connectivity index (χ1v) is 21.9. The standard InChI is InChI=1S/C56H44N6/c1-59-41-17-25-45(26-18-41)62(46-27-19-42(60-2)20-28-46)54-34-52(40-11-7-4-8-12-40)48-29-31-49-53(33-51(39-9-5-3-6-10-39)47-30-32-50(54)56(48)55(47)49)61(43-21-13-37(35-57)14-22-43)44-23-15-38(36-58)16-24-44/h13-34,39-40H,3-12H2. The number of hydrogen-bond donors (Lipinski definition) is 0. The molecule has 6 heteroatoms. The Morgan fingerprint density at radius 1 is 0.419 bits per heavy atom. The Kier molecular flexibility index (Phi) is 10.2. The molecule has 0 aliphatic heterocycles. The quantitative estimate of drug-likeness (QED) is 0.113. The molecule has 10 rings (SSSR count). The Balaban J connectivity index is 1.33. The third-order valence-electron chi connectivity index (χ3n) is 13.5. The summed E-state index contributed by atoms with van der Waals surface area (Å²) >= 11 is 0. The molecule has 62 heavy (non-hydrogen) atoms. The minimum atomic E-state index is 0.409. The summed E-state index contributed by atoms with van der Waals surface area (Å²) in [5, 5.41) is 27.0. The molecule has 2 aliphatic carbocycles. The molecule has 2 aliphatic rings. The second kappa shape index (κ2) is 16.4. The van der Waals surface area contributed by atoms with Gasteiger partial charge in [-0.2, -0.15) is 10.5 Å². The van der Waals surface area contributed by atoms with Crippen molar-refractivity contribution in [1.82, 2.24) is 0 Å². The molecule has 2 saturated carbocycles. The van der Waals surface area contributed by atoms with E-state index in [2.05, 4.69) is 68.0 Å². The first-order chi connectivity index (χ1) is 30.6. The van der Waals surface area contributed by atoms with Crippen LogP contribution in [0.15, 0.2) is 133 Å². The van der Waals surface area contributed by atoms with Crippen LogP contribution in [0.2, 0.25) is 0 Å². The van der Waals surface area contributed by atoms with E-state index in [-0.39, 0.29) is 0 Å². The van der Waals surface area contributed by atoms with Gasteiger partial charge in [0.15, 0.2) is 11.4 Å². The average Bonchev–Trinajstić information content (AvgIpc) is 3.35. The number of hydrogen-bond acceptors (Lipinski definition) is 4. The topological polar surface area (TPSA) is 62.8 Å². The van der Waals surface area contributed by atoms with Gasteiger partial charge in [0.1, 0.15) is 0 Å². The highest BCUT2D eigenvalue weighted by Crippen LogP contribution is 2.53. The molecule has 0 unspecified atom stereocenters. The van der Waals surface area contributed by atoms with E-state index in [0.29, 0.717) is 34.3 Å². The van der Waals surface area contributed by atoms with Crippen LogP contribution in [-0.2, 0) is 0 Å². The van der Waals surface area contributed by atoms with Crippen LogP contribution >= 0.6 is 0 Å². The third kappa shape index (κ3) is 6.82. The fourth-order valence-electron chi connectivity index (χ4n) is 10.5. The SMILES string of the molecule is [C-]#[N+]c1ccc(N(c2ccc([N+]#[C-])cc2)c2cc(C3CCCCC3)c3ccc4c(N(c5ccc(C#N)cc5)c5ccc(C#N)cc5)cc(C5CCCCC5)c5ccc2c3c54)cc1. The normalized spacial score (nSPS) is 14.6. The number of anilines is 6. The molecule has 0 bridgehead atoms. The molecular weight excluding hydrogens is 757 g/mol. The number of benzene rings is 8. The smallest absolute Gasteiger partial charge is 0.187 e. The zero-order valence-corrected chi connectivity index (χ0v) is 34.6. The summed E-state index contributed by atoms with van der Waals surface area (Å²) in [6.45, 7) is 15.4. The highest BCUT2D eigenvalue weighted by atomic mass is 15.2. The Bertz CT molecular complexity index is 2780. The van der Waals surface area contributed by atoms with Crippen molar-refractivity contribution >= 4 is 77.8 Å². The van der Waals surface area contributed by atoms with Crippen LogP contribution in [0.25, 0.3) is 42.0 Å². The van der Waals surface area contributed by atoms with E-state index in [0.717, 1.165) is 70.6 Å². The van der Waals surface area contributed by atoms with E-state index >= 15 is 0 Å². The van der Waals surface area contributed by atoms with Gasteiger partial charge in [-0.15, -0.1) is 0 Å².